The van der Waals surface area contributed by atoms with Crippen LogP contribution in [0.2, 0.25) is 0 Å². The first-order chi connectivity index (χ1) is 7.23. The van der Waals surface area contributed by atoms with Crippen LogP contribution in [0.3, 0.4) is 0 Å². The monoisotopic (exact) mass is 226 g/mol. The van der Waals surface area contributed by atoms with Crippen LogP contribution >= 0.6 is 0 Å². The van der Waals surface area contributed by atoms with Crippen LogP contribution in [-0.2, 0) is 9.53 Å². The van der Waals surface area contributed by atoms with Crippen LogP contribution in [0.25, 0.3) is 0 Å². The van der Waals surface area contributed by atoms with Gasteiger partial charge in [-0.3, -0.25) is 4.79 Å². The second kappa shape index (κ2) is 4.77. The Hall–Kier alpha value is -0.530. The van der Waals surface area contributed by atoms with Gasteiger partial charge in [-0.1, -0.05) is 19.3 Å². The molecule has 0 saturated heterocycles. The molecule has 0 amide bonds. The summed E-state index contributed by atoms with van der Waals surface area (Å²) in [5.41, 5.74) is -0.698. The molecular formula is C14H26O2. The van der Waals surface area contributed by atoms with Crippen molar-refractivity contribution < 1.29 is 9.53 Å². The zero-order chi connectivity index (χ0) is 12.4. The average Bonchev–Trinajstić information content (AvgIpc) is 2.17. The molecule has 0 spiro atoms. The minimum atomic E-state index is -0.397. The molecule has 0 heterocycles. The topological polar surface area (TPSA) is 26.3 Å². The van der Waals surface area contributed by atoms with Gasteiger partial charge in [0.05, 0.1) is 5.41 Å². The number of rotatable bonds is 2. The molecule has 1 saturated carbocycles. The van der Waals surface area contributed by atoms with Crippen molar-refractivity contribution in [2.24, 2.45) is 11.3 Å². The van der Waals surface area contributed by atoms with Gasteiger partial charge in [-0.15, -0.1) is 0 Å². The lowest BCUT2D eigenvalue weighted by Crippen LogP contribution is -2.41. The van der Waals surface area contributed by atoms with E-state index in [9.17, 15) is 4.79 Å². The van der Waals surface area contributed by atoms with E-state index in [-0.39, 0.29) is 11.6 Å². The quantitative estimate of drug-likeness (QED) is 0.667. The Kier molecular flexibility index (Phi) is 4.03. The molecule has 0 aliphatic heterocycles. The molecule has 94 valence electrons. The van der Waals surface area contributed by atoms with Crippen molar-refractivity contribution in [3.05, 3.63) is 0 Å². The summed E-state index contributed by atoms with van der Waals surface area (Å²) in [6.45, 7) is 9.85. The van der Waals surface area contributed by atoms with Gasteiger partial charge in [0.15, 0.2) is 0 Å². The maximum atomic E-state index is 11.9. The van der Waals surface area contributed by atoms with Gasteiger partial charge < -0.3 is 4.74 Å². The molecule has 0 unspecified atom stereocenters. The van der Waals surface area contributed by atoms with E-state index >= 15 is 0 Å². The van der Waals surface area contributed by atoms with Gasteiger partial charge in [0.2, 0.25) is 0 Å². The highest BCUT2D eigenvalue weighted by molar-refractivity contribution is 5.75. The Bertz CT molecular complexity index is 242. The molecule has 0 N–H and O–H groups in total. The number of ether oxygens (including phenoxy) is 1. The summed E-state index contributed by atoms with van der Waals surface area (Å²) in [4.78, 5) is 11.9. The predicted octanol–water partition coefficient (Wildman–Crippen LogP) is 3.93. The van der Waals surface area contributed by atoms with Crippen LogP contribution in [0.1, 0.15) is 66.7 Å². The van der Waals surface area contributed by atoms with E-state index in [4.69, 9.17) is 4.74 Å². The maximum Gasteiger partial charge on any atom is 0.311 e. The lowest BCUT2D eigenvalue weighted by Gasteiger charge is -2.38. The summed E-state index contributed by atoms with van der Waals surface area (Å²) in [6, 6.07) is 0. The van der Waals surface area contributed by atoms with Gasteiger partial charge in [0, 0.05) is 0 Å². The molecule has 1 aliphatic rings. The number of hydrogen-bond acceptors (Lipinski definition) is 2. The normalized spacial score (nSPS) is 19.6. The van der Waals surface area contributed by atoms with Crippen LogP contribution in [0, 0.1) is 11.3 Å². The molecule has 0 aromatic rings. The predicted molar refractivity (Wildman–Crippen MR) is 66.2 cm³/mol. The highest BCUT2D eigenvalue weighted by atomic mass is 16.6. The van der Waals surface area contributed by atoms with E-state index < -0.39 is 5.41 Å². The third-order valence-corrected chi connectivity index (χ3v) is 3.56. The Labute approximate surface area is 99.8 Å². The standard InChI is InChI=1S/C14H26O2/c1-13(2,3)12(15)16-14(4,5)11-9-7-6-8-10-11/h11H,6-10H2,1-5H3. The fraction of sp³-hybridized carbons (Fsp3) is 0.929. The number of carbonyl (C=O) groups excluding carboxylic acids is 1. The lowest BCUT2D eigenvalue weighted by atomic mass is 9.78. The molecule has 1 fully saturated rings. The first kappa shape index (κ1) is 13.5. The van der Waals surface area contributed by atoms with Gasteiger partial charge >= 0.3 is 5.97 Å². The molecule has 0 atom stereocenters. The van der Waals surface area contributed by atoms with Gasteiger partial charge in [0.25, 0.3) is 0 Å². The summed E-state index contributed by atoms with van der Waals surface area (Å²) < 4.78 is 5.70. The first-order valence-electron chi connectivity index (χ1n) is 6.47. The van der Waals surface area contributed by atoms with E-state index in [2.05, 4.69) is 13.8 Å². The van der Waals surface area contributed by atoms with Crippen molar-refractivity contribution in [2.45, 2.75) is 72.3 Å². The second-order valence-corrected chi connectivity index (χ2v) is 6.58. The highest BCUT2D eigenvalue weighted by Crippen LogP contribution is 2.36. The van der Waals surface area contributed by atoms with Crippen LogP contribution in [-0.4, -0.2) is 11.6 Å². The van der Waals surface area contributed by atoms with E-state index in [0.29, 0.717) is 5.92 Å². The molecule has 2 heteroatoms. The van der Waals surface area contributed by atoms with Gasteiger partial charge in [-0.2, -0.15) is 0 Å². The Balaban J connectivity index is 2.59. The summed E-state index contributed by atoms with van der Waals surface area (Å²) in [5, 5.41) is 0. The van der Waals surface area contributed by atoms with Crippen molar-refractivity contribution >= 4 is 5.97 Å². The Morgan fingerprint density at radius 3 is 1.94 bits per heavy atom. The molecule has 1 aliphatic carbocycles. The number of esters is 1. The second-order valence-electron chi connectivity index (χ2n) is 6.58. The molecule has 16 heavy (non-hydrogen) atoms. The van der Waals surface area contributed by atoms with Gasteiger partial charge in [-0.25, -0.2) is 0 Å². The number of hydrogen-bond donors (Lipinski definition) is 0. The average molecular weight is 226 g/mol. The Morgan fingerprint density at radius 2 is 1.50 bits per heavy atom. The molecule has 0 aromatic carbocycles. The molecule has 2 nitrogen and oxygen atoms in total. The van der Waals surface area contributed by atoms with E-state index in [0.717, 1.165) is 0 Å². The molecule has 1 rings (SSSR count). The van der Waals surface area contributed by atoms with Crippen LogP contribution in [0.4, 0.5) is 0 Å². The van der Waals surface area contributed by atoms with E-state index in [1.807, 2.05) is 20.8 Å². The molecule has 0 radical (unpaired) electrons. The smallest absolute Gasteiger partial charge is 0.311 e. The van der Waals surface area contributed by atoms with Gasteiger partial charge in [-0.05, 0) is 53.4 Å². The zero-order valence-corrected chi connectivity index (χ0v) is 11.4. The van der Waals surface area contributed by atoms with Crippen molar-refractivity contribution in [3.8, 4) is 0 Å². The highest BCUT2D eigenvalue weighted by Gasteiger charge is 2.36. The molecule has 0 aromatic heterocycles. The first-order valence-corrected chi connectivity index (χ1v) is 6.47. The van der Waals surface area contributed by atoms with E-state index in [1.165, 1.54) is 32.1 Å². The molecule has 0 bridgehead atoms. The van der Waals surface area contributed by atoms with Crippen LogP contribution in [0.5, 0.6) is 0 Å². The minimum Gasteiger partial charge on any atom is -0.459 e. The lowest BCUT2D eigenvalue weighted by molar-refractivity contribution is -0.172. The van der Waals surface area contributed by atoms with Crippen LogP contribution in [0.15, 0.2) is 0 Å². The fourth-order valence-corrected chi connectivity index (χ4v) is 2.27. The minimum absolute atomic E-state index is 0.0805. The maximum absolute atomic E-state index is 11.9. The van der Waals surface area contributed by atoms with Gasteiger partial charge in [0.1, 0.15) is 5.60 Å². The summed E-state index contributed by atoms with van der Waals surface area (Å²) >= 11 is 0. The Morgan fingerprint density at radius 1 is 1.00 bits per heavy atom. The van der Waals surface area contributed by atoms with Crippen LogP contribution < -0.4 is 0 Å². The third-order valence-electron chi connectivity index (χ3n) is 3.56. The number of carbonyl (C=O) groups is 1. The zero-order valence-electron chi connectivity index (χ0n) is 11.4. The van der Waals surface area contributed by atoms with Crippen molar-refractivity contribution in [1.29, 1.82) is 0 Å². The SMILES string of the molecule is CC(C)(C)C(=O)OC(C)(C)C1CCCCC1. The largest absolute Gasteiger partial charge is 0.459 e. The summed E-state index contributed by atoms with van der Waals surface area (Å²) in [6.07, 6.45) is 6.29. The van der Waals surface area contributed by atoms with Crippen molar-refractivity contribution in [1.82, 2.24) is 0 Å². The van der Waals surface area contributed by atoms with Crippen molar-refractivity contribution in [2.75, 3.05) is 0 Å². The third kappa shape index (κ3) is 3.50. The summed E-state index contributed by atoms with van der Waals surface area (Å²) in [7, 11) is 0. The van der Waals surface area contributed by atoms with Crippen molar-refractivity contribution in [3.63, 3.8) is 0 Å². The van der Waals surface area contributed by atoms with E-state index in [1.54, 1.807) is 0 Å². The fourth-order valence-electron chi connectivity index (χ4n) is 2.27. The summed E-state index contributed by atoms with van der Waals surface area (Å²) in [5.74, 6) is 0.454. The molecular weight excluding hydrogens is 200 g/mol.